The van der Waals surface area contributed by atoms with Crippen molar-refractivity contribution < 1.29 is 31.9 Å². The number of hydrogen-bond donors (Lipinski definition) is 1. The van der Waals surface area contributed by atoms with Crippen LogP contribution in [0.4, 0.5) is 22.0 Å². The predicted molar refractivity (Wildman–Crippen MR) is 134 cm³/mol. The van der Waals surface area contributed by atoms with E-state index in [0.717, 1.165) is 22.3 Å². The van der Waals surface area contributed by atoms with E-state index in [-0.39, 0.29) is 24.5 Å². The molecule has 0 spiro atoms. The van der Waals surface area contributed by atoms with Gasteiger partial charge < -0.3 is 5.11 Å². The first kappa shape index (κ1) is 27.3. The Kier molecular flexibility index (Phi) is 6.63. The van der Waals surface area contributed by atoms with Gasteiger partial charge in [-0.2, -0.15) is 27.2 Å². The SMILES string of the molecule is C[C@]12C[C@H](c3ccc(C#C/C=C\C#N)cc3)C3=C4CCC(=O)C=C4CC[C@H]3[C@@H]1CC[C@@]2(O)C(F)(F)C(F)(F)F. The number of ketones is 1. The average molecular weight is 542 g/mol. The van der Waals surface area contributed by atoms with Crippen LogP contribution in [-0.2, 0) is 4.79 Å². The highest BCUT2D eigenvalue weighted by Crippen LogP contribution is 2.70. The van der Waals surface area contributed by atoms with E-state index in [1.807, 2.05) is 6.07 Å². The van der Waals surface area contributed by atoms with Gasteiger partial charge in [0.2, 0.25) is 0 Å². The van der Waals surface area contributed by atoms with Crippen molar-refractivity contribution in [2.24, 2.45) is 17.3 Å². The largest absolute Gasteiger partial charge is 0.456 e. The van der Waals surface area contributed by atoms with Gasteiger partial charge in [-0.1, -0.05) is 36.5 Å². The Labute approximate surface area is 224 Å². The van der Waals surface area contributed by atoms with Gasteiger partial charge in [-0.25, -0.2) is 0 Å². The van der Waals surface area contributed by atoms with Gasteiger partial charge in [0.25, 0.3) is 0 Å². The Bertz CT molecular complexity index is 1380. The summed E-state index contributed by atoms with van der Waals surface area (Å²) in [4.78, 5) is 12.2. The number of carbonyl (C=O) groups is 1. The smallest absolute Gasteiger partial charge is 0.383 e. The Hall–Kier alpha value is -3.23. The maximum atomic E-state index is 15.1. The molecule has 0 unspecified atom stereocenters. The molecule has 0 bridgehead atoms. The number of halogens is 5. The summed E-state index contributed by atoms with van der Waals surface area (Å²) in [6, 6.07) is 8.97. The first-order valence-electron chi connectivity index (χ1n) is 13.1. The monoisotopic (exact) mass is 541 g/mol. The maximum absolute atomic E-state index is 15.1. The van der Waals surface area contributed by atoms with Crippen LogP contribution in [-0.4, -0.2) is 28.6 Å². The van der Waals surface area contributed by atoms with Crippen LogP contribution in [0.25, 0.3) is 0 Å². The topological polar surface area (TPSA) is 61.1 Å². The molecule has 39 heavy (non-hydrogen) atoms. The Morgan fingerprint density at radius 2 is 1.77 bits per heavy atom. The number of allylic oxidation sites excluding steroid dienone is 6. The molecule has 2 fully saturated rings. The number of benzene rings is 1. The van der Waals surface area contributed by atoms with E-state index < -0.39 is 41.4 Å². The summed E-state index contributed by atoms with van der Waals surface area (Å²) < 4.78 is 71.1. The second kappa shape index (κ2) is 9.45. The minimum absolute atomic E-state index is 0.0402. The van der Waals surface area contributed by atoms with E-state index in [1.165, 1.54) is 19.1 Å². The van der Waals surface area contributed by atoms with Gasteiger partial charge >= 0.3 is 12.1 Å². The first-order chi connectivity index (χ1) is 18.3. The number of nitriles is 1. The van der Waals surface area contributed by atoms with Crippen molar-refractivity contribution in [3.63, 3.8) is 0 Å². The molecule has 0 aromatic heterocycles. The third kappa shape index (κ3) is 4.16. The summed E-state index contributed by atoms with van der Waals surface area (Å²) >= 11 is 0. The third-order valence-electron chi connectivity index (χ3n) is 9.53. The minimum atomic E-state index is -5.87. The molecule has 0 heterocycles. The predicted octanol–water partition coefficient (Wildman–Crippen LogP) is 6.95. The normalized spacial score (nSPS) is 32.5. The van der Waals surface area contributed by atoms with E-state index in [4.69, 9.17) is 5.26 Å². The lowest BCUT2D eigenvalue weighted by atomic mass is 9.50. The standard InChI is InChI=1S/C31H28F5NO2/c1-28-18-25(20-8-6-19(7-9-20)5-3-2-4-16-37)27-23-13-11-22(38)17-21(23)10-12-24(27)26(28)14-15-29(28,39)30(32,33)31(34,35)36/h2,4,6-9,17,24-26,39H,10-15,18H2,1H3/b4-2-/t24-,25+,26-,28-,29-/m0/s1. The van der Waals surface area contributed by atoms with Crippen LogP contribution in [0.3, 0.4) is 0 Å². The van der Waals surface area contributed by atoms with E-state index in [1.54, 1.807) is 30.3 Å². The van der Waals surface area contributed by atoms with Crippen LogP contribution in [0.5, 0.6) is 0 Å². The molecule has 3 nitrogen and oxygen atoms in total. The summed E-state index contributed by atoms with van der Waals surface area (Å²) in [6.07, 6.45) is -0.209. The van der Waals surface area contributed by atoms with Gasteiger partial charge in [-0.15, -0.1) is 0 Å². The zero-order chi connectivity index (χ0) is 28.2. The lowest BCUT2D eigenvalue weighted by Crippen LogP contribution is -2.65. The van der Waals surface area contributed by atoms with Gasteiger partial charge in [0, 0.05) is 29.4 Å². The molecule has 5 rings (SSSR count). The van der Waals surface area contributed by atoms with Gasteiger partial charge in [0.15, 0.2) is 5.78 Å². The molecule has 0 saturated heterocycles. The molecule has 2 saturated carbocycles. The quantitative estimate of drug-likeness (QED) is 0.251. The van der Waals surface area contributed by atoms with Crippen LogP contribution in [0.15, 0.2) is 59.2 Å². The minimum Gasteiger partial charge on any atom is -0.383 e. The molecule has 204 valence electrons. The molecule has 0 radical (unpaired) electrons. The molecule has 8 heteroatoms. The summed E-state index contributed by atoms with van der Waals surface area (Å²) in [5, 5.41) is 19.9. The van der Waals surface area contributed by atoms with Crippen molar-refractivity contribution in [2.75, 3.05) is 0 Å². The molecule has 0 amide bonds. The highest BCUT2D eigenvalue weighted by atomic mass is 19.4. The number of alkyl halides is 5. The van der Waals surface area contributed by atoms with Gasteiger partial charge in [-0.05, 0) is 91.4 Å². The molecular formula is C31H28F5NO2. The number of nitrogens with zero attached hydrogens (tertiary/aromatic N) is 1. The molecule has 4 aliphatic carbocycles. The molecule has 0 aliphatic heterocycles. The fourth-order valence-corrected chi connectivity index (χ4v) is 7.72. The van der Waals surface area contributed by atoms with Crippen LogP contribution >= 0.6 is 0 Å². The fourth-order valence-electron chi connectivity index (χ4n) is 7.72. The lowest BCUT2D eigenvalue weighted by Gasteiger charge is -2.56. The van der Waals surface area contributed by atoms with Crippen molar-refractivity contribution in [1.29, 1.82) is 5.26 Å². The molecule has 1 aromatic rings. The number of aliphatic hydroxyl groups is 1. The first-order valence-corrected chi connectivity index (χ1v) is 13.1. The molecule has 4 aliphatic rings. The zero-order valence-electron chi connectivity index (χ0n) is 21.4. The number of rotatable bonds is 2. The highest BCUT2D eigenvalue weighted by Gasteiger charge is 2.79. The van der Waals surface area contributed by atoms with E-state index in [9.17, 15) is 23.1 Å². The average Bonchev–Trinajstić information content (AvgIpc) is 3.17. The van der Waals surface area contributed by atoms with Crippen LogP contribution in [0, 0.1) is 40.4 Å². The lowest BCUT2D eigenvalue weighted by molar-refractivity contribution is -0.362. The zero-order valence-corrected chi connectivity index (χ0v) is 21.4. The van der Waals surface area contributed by atoms with Gasteiger partial charge in [0.05, 0.1) is 6.07 Å². The Morgan fingerprint density at radius 1 is 1.05 bits per heavy atom. The summed E-state index contributed by atoms with van der Waals surface area (Å²) in [7, 11) is 0. The Morgan fingerprint density at radius 3 is 2.44 bits per heavy atom. The van der Waals surface area contributed by atoms with Crippen LogP contribution in [0.1, 0.15) is 68.9 Å². The number of fused-ring (bicyclic) bond motifs is 4. The highest BCUT2D eigenvalue weighted by molar-refractivity contribution is 5.93. The van der Waals surface area contributed by atoms with E-state index in [2.05, 4.69) is 11.8 Å². The second-order valence-electron chi connectivity index (χ2n) is 11.3. The summed E-state index contributed by atoms with van der Waals surface area (Å²) in [5.74, 6) is -0.863. The van der Waals surface area contributed by atoms with Crippen molar-refractivity contribution in [2.45, 2.75) is 75.5 Å². The molecular weight excluding hydrogens is 513 g/mol. The number of hydrogen-bond acceptors (Lipinski definition) is 3. The van der Waals surface area contributed by atoms with E-state index in [0.29, 0.717) is 31.2 Å². The van der Waals surface area contributed by atoms with Gasteiger partial charge in [-0.3, -0.25) is 4.79 Å². The van der Waals surface area contributed by atoms with Crippen molar-refractivity contribution >= 4 is 5.78 Å². The van der Waals surface area contributed by atoms with Crippen LogP contribution in [0.2, 0.25) is 0 Å². The van der Waals surface area contributed by atoms with E-state index >= 15 is 8.78 Å². The van der Waals surface area contributed by atoms with Crippen molar-refractivity contribution in [3.8, 4) is 17.9 Å². The molecule has 1 N–H and O–H groups in total. The van der Waals surface area contributed by atoms with Crippen molar-refractivity contribution in [1.82, 2.24) is 0 Å². The summed E-state index contributed by atoms with van der Waals surface area (Å²) in [6.45, 7) is 1.41. The van der Waals surface area contributed by atoms with Gasteiger partial charge in [0.1, 0.15) is 5.60 Å². The molecule has 5 atom stereocenters. The fraction of sp³-hybridized carbons (Fsp3) is 0.484. The maximum Gasteiger partial charge on any atom is 0.456 e. The van der Waals surface area contributed by atoms with Crippen molar-refractivity contribution in [3.05, 3.63) is 70.3 Å². The summed E-state index contributed by atoms with van der Waals surface area (Å²) in [5.41, 5.74) is -0.510. The van der Waals surface area contributed by atoms with Crippen LogP contribution < -0.4 is 0 Å². The third-order valence-corrected chi connectivity index (χ3v) is 9.53. The second-order valence-corrected chi connectivity index (χ2v) is 11.3. The Balaban J connectivity index is 1.63. The number of carbonyl (C=O) groups excluding carboxylic acids is 1. The molecule has 1 aromatic carbocycles.